The van der Waals surface area contributed by atoms with E-state index in [2.05, 4.69) is 10.1 Å². The maximum absolute atomic E-state index is 13.0. The predicted octanol–water partition coefficient (Wildman–Crippen LogP) is 2.19. The van der Waals surface area contributed by atoms with Gasteiger partial charge in [0.1, 0.15) is 0 Å². The van der Waals surface area contributed by atoms with E-state index in [0.29, 0.717) is 44.5 Å². The van der Waals surface area contributed by atoms with Crippen molar-refractivity contribution in [3.8, 4) is 0 Å². The van der Waals surface area contributed by atoms with Gasteiger partial charge in [-0.3, -0.25) is 9.59 Å². The maximum atomic E-state index is 13.0. The third kappa shape index (κ3) is 3.26. The van der Waals surface area contributed by atoms with Crippen LogP contribution in [0.2, 0.25) is 0 Å². The van der Waals surface area contributed by atoms with Gasteiger partial charge in [-0.25, -0.2) is 0 Å². The zero-order chi connectivity index (χ0) is 18.4. The van der Waals surface area contributed by atoms with Crippen LogP contribution in [0.5, 0.6) is 0 Å². The predicted molar refractivity (Wildman–Crippen MR) is 96.2 cm³/mol. The van der Waals surface area contributed by atoms with E-state index < -0.39 is 0 Å². The summed E-state index contributed by atoms with van der Waals surface area (Å²) in [7, 11) is 0. The fourth-order valence-electron chi connectivity index (χ4n) is 4.53. The molecule has 146 valence electrons. The summed E-state index contributed by atoms with van der Waals surface area (Å²) in [6.07, 6.45) is 6.81. The summed E-state index contributed by atoms with van der Waals surface area (Å²) in [6.45, 7) is 3.18. The van der Waals surface area contributed by atoms with E-state index in [-0.39, 0.29) is 23.3 Å². The highest BCUT2D eigenvalue weighted by atomic mass is 16.5. The summed E-state index contributed by atoms with van der Waals surface area (Å²) in [4.78, 5) is 29.9. The van der Waals surface area contributed by atoms with Crippen LogP contribution < -0.4 is 0 Å². The van der Waals surface area contributed by atoms with Gasteiger partial charge in [-0.15, -0.1) is 0 Å². The first-order valence-electron chi connectivity index (χ1n) is 10.3. The van der Waals surface area contributed by atoms with Crippen molar-refractivity contribution in [1.82, 2.24) is 15.0 Å². The first kappa shape index (κ1) is 17.2. The van der Waals surface area contributed by atoms with Crippen LogP contribution in [-0.2, 0) is 9.53 Å². The van der Waals surface area contributed by atoms with Gasteiger partial charge in [0.2, 0.25) is 11.7 Å². The number of carbonyl (C=O) groups is 2. The highest BCUT2D eigenvalue weighted by Crippen LogP contribution is 2.40. The molecule has 0 atom stereocenters. The van der Waals surface area contributed by atoms with Gasteiger partial charge in [-0.05, 0) is 44.9 Å². The van der Waals surface area contributed by atoms with Gasteiger partial charge in [0.15, 0.2) is 0 Å². The Hall–Kier alpha value is -1.89. The molecule has 2 amide bonds. The van der Waals surface area contributed by atoms with Crippen LogP contribution in [0.1, 0.15) is 67.1 Å². The van der Waals surface area contributed by atoms with E-state index in [0.717, 1.165) is 50.6 Å². The topological polar surface area (TPSA) is 75.9 Å². The molecule has 7 nitrogen and oxygen atoms in total. The zero-order valence-electron chi connectivity index (χ0n) is 15.7. The molecule has 7 heteroatoms. The van der Waals surface area contributed by atoms with E-state index in [4.69, 9.17) is 9.26 Å². The molecule has 1 aromatic rings. The molecule has 1 aromatic heterocycles. The second-order valence-electron chi connectivity index (χ2n) is 8.53. The van der Waals surface area contributed by atoms with Crippen LogP contribution >= 0.6 is 0 Å². The Balaban J connectivity index is 1.34. The Morgan fingerprint density at radius 3 is 2.52 bits per heavy atom. The van der Waals surface area contributed by atoms with Crippen LogP contribution in [0.4, 0.5) is 0 Å². The minimum atomic E-state index is -0.159. The Kier molecular flexibility index (Phi) is 4.22. The highest BCUT2D eigenvalue weighted by Gasteiger charge is 2.47. The molecule has 0 unspecified atom stereocenters. The molecule has 0 bridgehead atoms. The number of amides is 2. The fourth-order valence-corrected chi connectivity index (χ4v) is 4.53. The second-order valence-corrected chi connectivity index (χ2v) is 8.53. The summed E-state index contributed by atoms with van der Waals surface area (Å²) in [5.74, 6) is 1.18. The molecule has 27 heavy (non-hydrogen) atoms. The summed E-state index contributed by atoms with van der Waals surface area (Å²) in [5, 5.41) is 4.07. The van der Waals surface area contributed by atoms with E-state index in [1.165, 1.54) is 0 Å². The Labute approximate surface area is 159 Å². The molecule has 2 saturated heterocycles. The molecule has 0 N–H and O–H groups in total. The molecule has 2 aliphatic carbocycles. The van der Waals surface area contributed by atoms with Gasteiger partial charge >= 0.3 is 0 Å². The first-order valence-corrected chi connectivity index (χ1v) is 10.3. The van der Waals surface area contributed by atoms with Crippen LogP contribution in [-0.4, -0.2) is 65.2 Å². The molecule has 0 radical (unpaired) electrons. The van der Waals surface area contributed by atoms with Crippen molar-refractivity contribution >= 4 is 11.8 Å². The normalized spacial score (nSPS) is 25.5. The number of hydrogen-bond donors (Lipinski definition) is 0. The van der Waals surface area contributed by atoms with Crippen molar-refractivity contribution in [2.75, 3.05) is 32.8 Å². The van der Waals surface area contributed by atoms with Gasteiger partial charge < -0.3 is 19.1 Å². The van der Waals surface area contributed by atoms with Crippen LogP contribution in [0, 0.1) is 5.92 Å². The quantitative estimate of drug-likeness (QED) is 0.812. The van der Waals surface area contributed by atoms with Gasteiger partial charge in [-0.1, -0.05) is 5.16 Å². The Bertz CT molecular complexity index is 731. The zero-order valence-corrected chi connectivity index (χ0v) is 15.7. The number of hydrogen-bond acceptors (Lipinski definition) is 5. The van der Waals surface area contributed by atoms with Crippen molar-refractivity contribution in [2.24, 2.45) is 5.92 Å². The van der Waals surface area contributed by atoms with Gasteiger partial charge in [0, 0.05) is 56.3 Å². The second kappa shape index (κ2) is 6.62. The third-order valence-corrected chi connectivity index (χ3v) is 6.65. The van der Waals surface area contributed by atoms with Crippen molar-refractivity contribution in [1.29, 1.82) is 0 Å². The van der Waals surface area contributed by atoms with E-state index in [1.807, 2.05) is 11.0 Å². The van der Waals surface area contributed by atoms with Crippen LogP contribution in [0.3, 0.4) is 0 Å². The number of carbonyl (C=O) groups excluding carboxylic acids is 2. The van der Waals surface area contributed by atoms with Crippen molar-refractivity contribution in [3.63, 3.8) is 0 Å². The lowest BCUT2D eigenvalue weighted by Crippen LogP contribution is -2.55. The molecule has 1 spiro atoms. The number of ether oxygens (including phenoxy) is 1. The SMILES string of the molecule is O=C(c1cc(C2CC2)no1)N1CCN(C(=O)C2CC2)C2(CCOCC2)CC1. The Morgan fingerprint density at radius 2 is 1.81 bits per heavy atom. The summed E-state index contributed by atoms with van der Waals surface area (Å²) < 4.78 is 10.9. The van der Waals surface area contributed by atoms with Gasteiger partial charge in [0.25, 0.3) is 5.91 Å². The molecule has 2 saturated carbocycles. The lowest BCUT2D eigenvalue weighted by molar-refractivity contribution is -0.143. The fraction of sp³-hybridized carbons (Fsp3) is 0.750. The molecular formula is C20H27N3O4. The minimum absolute atomic E-state index is 0.0997. The average Bonchev–Trinajstić information content (AvgIpc) is 3.61. The van der Waals surface area contributed by atoms with E-state index in [1.54, 1.807) is 0 Å². The first-order chi connectivity index (χ1) is 13.2. The van der Waals surface area contributed by atoms with Crippen molar-refractivity contribution in [2.45, 2.75) is 56.4 Å². The summed E-state index contributed by atoms with van der Waals surface area (Å²) in [6, 6.07) is 1.81. The summed E-state index contributed by atoms with van der Waals surface area (Å²) in [5.41, 5.74) is 0.743. The maximum Gasteiger partial charge on any atom is 0.292 e. The van der Waals surface area contributed by atoms with Crippen LogP contribution in [0.15, 0.2) is 10.6 Å². The molecule has 2 aliphatic heterocycles. The third-order valence-electron chi connectivity index (χ3n) is 6.65. The number of aromatic nitrogens is 1. The lowest BCUT2D eigenvalue weighted by Gasteiger charge is -2.45. The van der Waals surface area contributed by atoms with Crippen molar-refractivity contribution < 1.29 is 18.8 Å². The smallest absolute Gasteiger partial charge is 0.292 e. The van der Waals surface area contributed by atoms with Gasteiger partial charge in [-0.2, -0.15) is 0 Å². The van der Waals surface area contributed by atoms with Crippen molar-refractivity contribution in [3.05, 3.63) is 17.5 Å². The summed E-state index contributed by atoms with van der Waals surface area (Å²) >= 11 is 0. The standard InChI is InChI=1S/C20H27N3O4/c24-18(15-3-4-15)23-10-9-22(8-5-20(23)6-11-26-12-7-20)19(25)17-13-16(21-27-17)14-1-2-14/h13-15H,1-12H2. The number of nitrogens with zero attached hydrogens (tertiary/aromatic N) is 3. The lowest BCUT2D eigenvalue weighted by atomic mass is 9.84. The molecular weight excluding hydrogens is 346 g/mol. The minimum Gasteiger partial charge on any atom is -0.381 e. The average molecular weight is 373 g/mol. The van der Waals surface area contributed by atoms with Crippen LogP contribution in [0.25, 0.3) is 0 Å². The largest absolute Gasteiger partial charge is 0.381 e. The monoisotopic (exact) mass is 373 g/mol. The Morgan fingerprint density at radius 1 is 1.04 bits per heavy atom. The van der Waals surface area contributed by atoms with E-state index >= 15 is 0 Å². The molecule has 5 rings (SSSR count). The molecule has 4 fully saturated rings. The van der Waals surface area contributed by atoms with E-state index in [9.17, 15) is 9.59 Å². The molecule has 4 aliphatic rings. The molecule has 3 heterocycles. The van der Waals surface area contributed by atoms with Gasteiger partial charge in [0.05, 0.1) is 5.69 Å². The number of rotatable bonds is 3. The molecule has 0 aromatic carbocycles. The highest BCUT2D eigenvalue weighted by molar-refractivity contribution is 5.91.